The van der Waals surface area contributed by atoms with Crippen LogP contribution in [0, 0.1) is 19.8 Å². The maximum atomic E-state index is 13.5. The molecule has 6 rings (SSSR count). The van der Waals surface area contributed by atoms with Gasteiger partial charge in [0.15, 0.2) is 5.69 Å². The van der Waals surface area contributed by atoms with Crippen LogP contribution >= 0.6 is 0 Å². The van der Waals surface area contributed by atoms with E-state index in [0.29, 0.717) is 36.7 Å². The molecule has 8 heteroatoms. The van der Waals surface area contributed by atoms with Crippen molar-refractivity contribution in [1.29, 1.82) is 0 Å². The van der Waals surface area contributed by atoms with Gasteiger partial charge in [-0.3, -0.25) is 14.3 Å². The molecule has 0 radical (unpaired) electrons. The van der Waals surface area contributed by atoms with Crippen LogP contribution in [0.15, 0.2) is 18.2 Å². The van der Waals surface area contributed by atoms with Crippen LogP contribution in [0.1, 0.15) is 58.1 Å². The number of likely N-dealkylation sites (tertiary alicyclic amines) is 1. The molecule has 2 aliphatic heterocycles. The maximum Gasteiger partial charge on any atom is 0.274 e. The summed E-state index contributed by atoms with van der Waals surface area (Å²) in [5, 5.41) is 8.12. The normalized spacial score (nSPS) is 25.1. The van der Waals surface area contributed by atoms with Crippen LogP contribution in [0.3, 0.4) is 0 Å². The number of nitrogens with zero attached hydrogens (tertiary/aromatic N) is 5. The van der Waals surface area contributed by atoms with Gasteiger partial charge in [-0.25, -0.2) is 0 Å². The van der Waals surface area contributed by atoms with E-state index in [-0.39, 0.29) is 18.4 Å². The Morgan fingerprint density at radius 3 is 2.67 bits per heavy atom. The Balaban J connectivity index is 1.15. The van der Waals surface area contributed by atoms with Crippen molar-refractivity contribution in [2.45, 2.75) is 58.0 Å². The highest BCUT2D eigenvalue weighted by molar-refractivity contribution is 5.95. The van der Waals surface area contributed by atoms with Crippen LogP contribution < -0.4 is 10.2 Å². The number of rotatable bonds is 5. The zero-order valence-corrected chi connectivity index (χ0v) is 21.8. The van der Waals surface area contributed by atoms with E-state index in [1.165, 1.54) is 16.8 Å². The van der Waals surface area contributed by atoms with Crippen LogP contribution in [-0.4, -0.2) is 83.8 Å². The number of carbonyl (C=O) groups excluding carboxylic acids is 2. The molecule has 0 unspecified atom stereocenters. The lowest BCUT2D eigenvalue weighted by molar-refractivity contribution is -0.132. The van der Waals surface area contributed by atoms with E-state index < -0.39 is 0 Å². The molecule has 1 N–H and O–H groups in total. The van der Waals surface area contributed by atoms with Gasteiger partial charge in [-0.1, -0.05) is 12.1 Å². The van der Waals surface area contributed by atoms with Crippen molar-refractivity contribution < 1.29 is 9.59 Å². The van der Waals surface area contributed by atoms with Crippen molar-refractivity contribution in [3.8, 4) is 0 Å². The van der Waals surface area contributed by atoms with Gasteiger partial charge in [-0.05, 0) is 75.6 Å². The van der Waals surface area contributed by atoms with Gasteiger partial charge >= 0.3 is 0 Å². The number of benzene rings is 1. The van der Waals surface area contributed by atoms with Gasteiger partial charge in [-0.2, -0.15) is 5.10 Å². The molecule has 3 atom stereocenters. The third-order valence-corrected chi connectivity index (χ3v) is 9.00. The fraction of sp³-hybridized carbons (Fsp3) is 0.607. The number of hydrogen-bond donors (Lipinski definition) is 1. The molecule has 36 heavy (non-hydrogen) atoms. The van der Waals surface area contributed by atoms with Gasteiger partial charge in [0.05, 0.1) is 0 Å². The average molecular weight is 491 g/mol. The lowest BCUT2D eigenvalue weighted by atomic mass is 10.0. The summed E-state index contributed by atoms with van der Waals surface area (Å²) in [4.78, 5) is 33.2. The zero-order valence-electron chi connectivity index (χ0n) is 21.8. The number of piperidine rings is 1. The maximum absolute atomic E-state index is 13.5. The van der Waals surface area contributed by atoms with E-state index in [4.69, 9.17) is 5.10 Å². The standard InChI is InChI=1S/C28H38N6O2/c1-18-6-4-8-23(19(18)2)31-10-12-32(13-11-31)25(35)17-34-24-15-20-14-22(20)26(24)27(30-34)28(36)33-9-5-7-21(16-33)29-3/h4,6,8,20-22,29H,5,7,9-17H2,1-3H3/t20-,21+,22-/m1/s1. The molecule has 0 bridgehead atoms. The lowest BCUT2D eigenvalue weighted by Gasteiger charge is -2.37. The van der Waals surface area contributed by atoms with E-state index in [1.807, 2.05) is 21.5 Å². The van der Waals surface area contributed by atoms with Gasteiger partial charge in [0, 0.05) is 62.3 Å². The van der Waals surface area contributed by atoms with Crippen LogP contribution in [0.2, 0.25) is 0 Å². The first-order valence-corrected chi connectivity index (χ1v) is 13.6. The van der Waals surface area contributed by atoms with Gasteiger partial charge in [0.2, 0.25) is 5.91 Å². The molecule has 4 aliphatic rings. The van der Waals surface area contributed by atoms with Crippen LogP contribution in [0.4, 0.5) is 5.69 Å². The molecule has 0 spiro atoms. The SMILES string of the molecule is CN[C@H]1CCCN(C(=O)c2nn(CC(=O)N3CCN(c4cccc(C)c4C)CC3)c3c2[C@@H]2C[C@@H]2C3)C1. The van der Waals surface area contributed by atoms with E-state index in [9.17, 15) is 9.59 Å². The first-order valence-electron chi connectivity index (χ1n) is 13.6. The summed E-state index contributed by atoms with van der Waals surface area (Å²) < 4.78 is 1.87. The number of carbonyl (C=O) groups is 2. The van der Waals surface area contributed by atoms with Crippen molar-refractivity contribution in [2.75, 3.05) is 51.2 Å². The molecular formula is C28H38N6O2. The Labute approximate surface area is 213 Å². The third kappa shape index (κ3) is 4.09. The zero-order chi connectivity index (χ0) is 25.0. The molecule has 2 aliphatic carbocycles. The Morgan fingerprint density at radius 1 is 1.08 bits per heavy atom. The number of hydrogen-bond acceptors (Lipinski definition) is 5. The van der Waals surface area contributed by atoms with Crippen molar-refractivity contribution in [2.24, 2.45) is 5.92 Å². The quantitative estimate of drug-likeness (QED) is 0.697. The number of likely N-dealkylation sites (N-methyl/N-ethyl adjacent to an activating group) is 1. The topological polar surface area (TPSA) is 73.7 Å². The fourth-order valence-electron chi connectivity index (χ4n) is 6.53. The Bertz CT molecular complexity index is 1180. The molecular weight excluding hydrogens is 452 g/mol. The summed E-state index contributed by atoms with van der Waals surface area (Å²) in [6, 6.07) is 6.78. The minimum Gasteiger partial charge on any atom is -0.368 e. The molecule has 192 valence electrons. The molecule has 1 saturated carbocycles. The van der Waals surface area contributed by atoms with E-state index >= 15 is 0 Å². The van der Waals surface area contributed by atoms with Crippen LogP contribution in [-0.2, 0) is 17.8 Å². The molecule has 1 aromatic heterocycles. The van der Waals surface area contributed by atoms with Crippen molar-refractivity contribution in [3.63, 3.8) is 0 Å². The Hall–Kier alpha value is -2.87. The van der Waals surface area contributed by atoms with Gasteiger partial charge in [-0.15, -0.1) is 0 Å². The summed E-state index contributed by atoms with van der Waals surface area (Å²) in [6.07, 6.45) is 4.22. The fourth-order valence-corrected chi connectivity index (χ4v) is 6.53. The number of nitrogens with one attached hydrogen (secondary N) is 1. The molecule has 8 nitrogen and oxygen atoms in total. The second-order valence-corrected chi connectivity index (χ2v) is 11.1. The first-order chi connectivity index (χ1) is 17.4. The predicted molar refractivity (Wildman–Crippen MR) is 139 cm³/mol. The second-order valence-electron chi connectivity index (χ2n) is 11.1. The van der Waals surface area contributed by atoms with Crippen molar-refractivity contribution in [1.82, 2.24) is 24.9 Å². The van der Waals surface area contributed by atoms with Gasteiger partial charge < -0.3 is 20.0 Å². The molecule has 1 aromatic carbocycles. The Kier molecular flexibility index (Phi) is 6.02. The van der Waals surface area contributed by atoms with E-state index in [0.717, 1.165) is 63.1 Å². The largest absolute Gasteiger partial charge is 0.368 e. The summed E-state index contributed by atoms with van der Waals surface area (Å²) in [5.41, 5.74) is 6.77. The number of fused-ring (bicyclic) bond motifs is 3. The smallest absolute Gasteiger partial charge is 0.274 e. The highest BCUT2D eigenvalue weighted by atomic mass is 16.2. The third-order valence-electron chi connectivity index (χ3n) is 9.00. The number of anilines is 1. The van der Waals surface area contributed by atoms with E-state index in [2.05, 4.69) is 42.3 Å². The lowest BCUT2D eigenvalue weighted by Crippen LogP contribution is -2.50. The molecule has 3 heterocycles. The average Bonchev–Trinajstić information content (AvgIpc) is 3.43. The highest BCUT2D eigenvalue weighted by Gasteiger charge is 2.50. The molecule has 2 aromatic rings. The Morgan fingerprint density at radius 2 is 1.89 bits per heavy atom. The number of piperazine rings is 1. The van der Waals surface area contributed by atoms with Crippen molar-refractivity contribution in [3.05, 3.63) is 46.3 Å². The minimum atomic E-state index is 0.0482. The van der Waals surface area contributed by atoms with E-state index in [1.54, 1.807) is 0 Å². The van der Waals surface area contributed by atoms with Gasteiger partial charge in [0.1, 0.15) is 6.54 Å². The summed E-state index contributed by atoms with van der Waals surface area (Å²) >= 11 is 0. The number of amides is 2. The molecule has 2 saturated heterocycles. The summed E-state index contributed by atoms with van der Waals surface area (Å²) in [5.74, 6) is 1.26. The van der Waals surface area contributed by atoms with Crippen LogP contribution in [0.5, 0.6) is 0 Å². The molecule has 2 amide bonds. The van der Waals surface area contributed by atoms with Crippen molar-refractivity contribution >= 4 is 17.5 Å². The predicted octanol–water partition coefficient (Wildman–Crippen LogP) is 2.33. The summed E-state index contributed by atoms with van der Waals surface area (Å²) in [6.45, 7) is 9.17. The first kappa shape index (κ1) is 23.5. The van der Waals surface area contributed by atoms with Gasteiger partial charge in [0.25, 0.3) is 5.91 Å². The monoisotopic (exact) mass is 490 g/mol. The number of aryl methyl sites for hydroxylation is 1. The minimum absolute atomic E-state index is 0.0482. The highest BCUT2D eigenvalue weighted by Crippen LogP contribution is 2.57. The van der Waals surface area contributed by atoms with Crippen LogP contribution in [0.25, 0.3) is 0 Å². The second kappa shape index (κ2) is 9.21. The molecule has 3 fully saturated rings. The number of aromatic nitrogens is 2. The summed E-state index contributed by atoms with van der Waals surface area (Å²) in [7, 11) is 1.97.